The van der Waals surface area contributed by atoms with Crippen LogP contribution >= 0.6 is 11.6 Å². The van der Waals surface area contributed by atoms with Crippen molar-refractivity contribution in [1.82, 2.24) is 14.5 Å². The van der Waals surface area contributed by atoms with Gasteiger partial charge in [-0.3, -0.25) is 4.57 Å². The van der Waals surface area contributed by atoms with E-state index < -0.39 is 0 Å². The van der Waals surface area contributed by atoms with Gasteiger partial charge in [-0.2, -0.15) is 0 Å². The van der Waals surface area contributed by atoms with Crippen LogP contribution in [0.5, 0.6) is 0 Å². The zero-order chi connectivity index (χ0) is 17.4. The first kappa shape index (κ1) is 16.4. The molecule has 2 heterocycles. The van der Waals surface area contributed by atoms with Gasteiger partial charge < -0.3 is 9.88 Å². The van der Waals surface area contributed by atoms with E-state index >= 15 is 0 Å². The van der Waals surface area contributed by atoms with Crippen molar-refractivity contribution in [2.75, 3.05) is 13.6 Å². The summed E-state index contributed by atoms with van der Waals surface area (Å²) in [6.07, 6.45) is 3.12. The molecular formula is C20H22ClN3O. The van der Waals surface area contributed by atoms with Crippen molar-refractivity contribution in [3.63, 3.8) is 0 Å². The number of rotatable bonds is 5. The summed E-state index contributed by atoms with van der Waals surface area (Å²) in [5.41, 5.74) is 4.61. The molecule has 1 aromatic heterocycles. The Hall–Kier alpha value is -2.04. The maximum atomic E-state index is 12.2. The molecule has 1 aliphatic rings. The van der Waals surface area contributed by atoms with Gasteiger partial charge in [-0.05, 0) is 62.2 Å². The number of aryl methyl sites for hydroxylation is 1. The molecule has 0 radical (unpaired) electrons. The Kier molecular flexibility index (Phi) is 4.40. The number of halogens is 1. The molecule has 1 N–H and O–H groups in total. The lowest BCUT2D eigenvalue weighted by atomic mass is 9.99. The zero-order valence-corrected chi connectivity index (χ0v) is 15.1. The first-order chi connectivity index (χ1) is 12.1. The minimum Gasteiger partial charge on any atom is -0.306 e. The quantitative estimate of drug-likeness (QED) is 0.761. The van der Waals surface area contributed by atoms with E-state index in [0.29, 0.717) is 6.04 Å². The Morgan fingerprint density at radius 1 is 1.24 bits per heavy atom. The van der Waals surface area contributed by atoms with Crippen LogP contribution in [0.4, 0.5) is 0 Å². The third-order valence-electron chi connectivity index (χ3n) is 5.24. The first-order valence-electron chi connectivity index (χ1n) is 8.77. The fraction of sp³-hybridized carbons (Fsp3) is 0.350. The number of aromatic nitrogens is 2. The average Bonchev–Trinajstić information content (AvgIpc) is 2.94. The van der Waals surface area contributed by atoms with Crippen molar-refractivity contribution in [2.24, 2.45) is 0 Å². The highest BCUT2D eigenvalue weighted by Gasteiger charge is 2.25. The number of benzene rings is 2. The van der Waals surface area contributed by atoms with Crippen LogP contribution in [-0.4, -0.2) is 34.1 Å². The van der Waals surface area contributed by atoms with Gasteiger partial charge >= 0.3 is 5.69 Å². The monoisotopic (exact) mass is 355 g/mol. The zero-order valence-electron chi connectivity index (χ0n) is 14.3. The summed E-state index contributed by atoms with van der Waals surface area (Å²) in [4.78, 5) is 17.6. The normalized spacial score (nSPS) is 16.7. The summed E-state index contributed by atoms with van der Waals surface area (Å²) in [5.74, 6) is 0. The van der Waals surface area contributed by atoms with E-state index in [2.05, 4.69) is 35.1 Å². The molecule has 0 fully saturated rings. The van der Waals surface area contributed by atoms with E-state index in [-0.39, 0.29) is 5.69 Å². The molecule has 1 atom stereocenters. The molecule has 0 unspecified atom stereocenters. The summed E-state index contributed by atoms with van der Waals surface area (Å²) in [7, 11) is 2.16. The SMILES string of the molecule is CN(CCCc1ccc(Cl)cc1)[C@H]1Cc2cccc3[nH]c(=O)n(c23)C1. The number of nitrogens with one attached hydrogen (secondary N) is 1. The second-order valence-electron chi connectivity index (χ2n) is 6.92. The molecule has 1 aliphatic heterocycles. The van der Waals surface area contributed by atoms with E-state index in [0.717, 1.165) is 48.4 Å². The predicted octanol–water partition coefficient (Wildman–Crippen LogP) is 3.47. The molecule has 0 aliphatic carbocycles. The fourth-order valence-corrected chi connectivity index (χ4v) is 3.95. The van der Waals surface area contributed by atoms with E-state index in [1.165, 1.54) is 11.1 Å². The Balaban J connectivity index is 1.42. The Morgan fingerprint density at radius 3 is 2.84 bits per heavy atom. The van der Waals surface area contributed by atoms with Crippen LogP contribution in [0.2, 0.25) is 5.02 Å². The smallest absolute Gasteiger partial charge is 0.306 e. The molecule has 0 amide bonds. The molecule has 4 rings (SSSR count). The number of nitrogens with zero attached hydrogens (tertiary/aromatic N) is 2. The Morgan fingerprint density at radius 2 is 2.04 bits per heavy atom. The van der Waals surface area contributed by atoms with Gasteiger partial charge in [-0.25, -0.2) is 4.79 Å². The van der Waals surface area contributed by atoms with Crippen molar-refractivity contribution in [3.05, 3.63) is 69.1 Å². The van der Waals surface area contributed by atoms with Crippen LogP contribution in [-0.2, 0) is 19.4 Å². The summed E-state index contributed by atoms with van der Waals surface area (Å²) in [6.45, 7) is 1.77. The van der Waals surface area contributed by atoms with Gasteiger partial charge in [0.05, 0.1) is 11.0 Å². The highest BCUT2D eigenvalue weighted by molar-refractivity contribution is 6.30. The van der Waals surface area contributed by atoms with Gasteiger partial charge in [0.25, 0.3) is 0 Å². The van der Waals surface area contributed by atoms with Gasteiger partial charge in [-0.15, -0.1) is 0 Å². The summed E-state index contributed by atoms with van der Waals surface area (Å²) in [5, 5.41) is 0.782. The van der Waals surface area contributed by atoms with Gasteiger partial charge in [0.15, 0.2) is 0 Å². The van der Waals surface area contributed by atoms with Crippen LogP contribution in [0.25, 0.3) is 11.0 Å². The van der Waals surface area contributed by atoms with Crippen molar-refractivity contribution >= 4 is 22.6 Å². The Bertz CT molecular complexity index is 942. The van der Waals surface area contributed by atoms with Gasteiger partial charge in [-0.1, -0.05) is 35.9 Å². The molecule has 0 spiro atoms. The lowest BCUT2D eigenvalue weighted by molar-refractivity contribution is 0.211. The highest BCUT2D eigenvalue weighted by atomic mass is 35.5. The summed E-state index contributed by atoms with van der Waals surface area (Å²) < 4.78 is 1.90. The van der Waals surface area contributed by atoms with Gasteiger partial charge in [0.2, 0.25) is 0 Å². The number of H-pyrrole nitrogens is 1. The number of hydrogen-bond donors (Lipinski definition) is 1. The predicted molar refractivity (Wildman–Crippen MR) is 102 cm³/mol. The third kappa shape index (κ3) is 3.24. The highest BCUT2D eigenvalue weighted by Crippen LogP contribution is 2.24. The molecule has 5 heteroatoms. The number of aromatic amines is 1. The minimum atomic E-state index is 0.00159. The van der Waals surface area contributed by atoms with Crippen molar-refractivity contribution in [1.29, 1.82) is 0 Å². The number of hydrogen-bond acceptors (Lipinski definition) is 2. The second-order valence-corrected chi connectivity index (χ2v) is 7.36. The largest absolute Gasteiger partial charge is 0.326 e. The summed E-state index contributed by atoms with van der Waals surface area (Å²) >= 11 is 5.94. The molecule has 130 valence electrons. The standard InChI is InChI=1S/C20H22ClN3O/c1-23(11-3-4-14-7-9-16(21)10-8-14)17-12-15-5-2-6-18-19(15)24(13-17)20(25)22-18/h2,5-10,17H,3-4,11-13H2,1H3,(H,22,25)/t17-/m0/s1. The lowest BCUT2D eigenvalue weighted by Gasteiger charge is -2.31. The topological polar surface area (TPSA) is 41.0 Å². The van der Waals surface area contributed by atoms with E-state index in [4.69, 9.17) is 11.6 Å². The van der Waals surface area contributed by atoms with Gasteiger partial charge in [0.1, 0.15) is 0 Å². The number of likely N-dealkylation sites (N-methyl/N-ethyl adjacent to an activating group) is 1. The molecule has 0 saturated carbocycles. The van der Waals surface area contributed by atoms with Crippen LogP contribution in [0, 0.1) is 0 Å². The van der Waals surface area contributed by atoms with Crippen molar-refractivity contribution in [2.45, 2.75) is 31.8 Å². The van der Waals surface area contributed by atoms with Gasteiger partial charge in [0, 0.05) is 17.6 Å². The molecule has 0 saturated heterocycles. The average molecular weight is 356 g/mol. The first-order valence-corrected chi connectivity index (χ1v) is 9.15. The molecule has 0 bridgehead atoms. The molecule has 25 heavy (non-hydrogen) atoms. The lowest BCUT2D eigenvalue weighted by Crippen LogP contribution is -2.42. The molecule has 3 aromatic rings. The number of imidazole rings is 1. The minimum absolute atomic E-state index is 0.00159. The number of para-hydroxylation sites is 1. The fourth-order valence-electron chi connectivity index (χ4n) is 3.82. The Labute approximate surface area is 152 Å². The van der Waals surface area contributed by atoms with Crippen LogP contribution in [0.1, 0.15) is 17.5 Å². The van der Waals surface area contributed by atoms with E-state index in [1.807, 2.05) is 28.8 Å². The van der Waals surface area contributed by atoms with E-state index in [1.54, 1.807) is 0 Å². The molecule has 4 nitrogen and oxygen atoms in total. The van der Waals surface area contributed by atoms with Crippen molar-refractivity contribution < 1.29 is 0 Å². The second kappa shape index (κ2) is 6.70. The summed E-state index contributed by atoms with van der Waals surface area (Å²) in [6, 6.07) is 14.6. The maximum absolute atomic E-state index is 12.2. The molecular weight excluding hydrogens is 334 g/mol. The van der Waals surface area contributed by atoms with Crippen LogP contribution in [0.15, 0.2) is 47.3 Å². The third-order valence-corrected chi connectivity index (χ3v) is 5.49. The van der Waals surface area contributed by atoms with Crippen LogP contribution in [0.3, 0.4) is 0 Å². The van der Waals surface area contributed by atoms with Crippen molar-refractivity contribution in [3.8, 4) is 0 Å². The molecule has 2 aromatic carbocycles. The van der Waals surface area contributed by atoms with E-state index in [9.17, 15) is 4.79 Å². The van der Waals surface area contributed by atoms with Crippen LogP contribution < -0.4 is 5.69 Å². The maximum Gasteiger partial charge on any atom is 0.326 e.